The standard InChI is InChI=1S/C12H14N4O/c1-9-2-4-10(5-3-9)6-12(17)16-7-11(8-16)14-15-13/h2-5,11H,6-8H2,1H3. The molecule has 17 heavy (non-hydrogen) atoms. The van der Waals surface area contributed by atoms with Crippen molar-refractivity contribution < 1.29 is 4.79 Å². The summed E-state index contributed by atoms with van der Waals surface area (Å²) in [5.41, 5.74) is 10.5. The molecule has 0 radical (unpaired) electrons. The minimum atomic E-state index is -0.0398. The van der Waals surface area contributed by atoms with Crippen LogP contribution in [-0.4, -0.2) is 29.9 Å². The Balaban J connectivity index is 1.86. The van der Waals surface area contributed by atoms with Crippen molar-refractivity contribution in [1.82, 2.24) is 4.90 Å². The summed E-state index contributed by atoms with van der Waals surface area (Å²) >= 11 is 0. The number of azide groups is 1. The molecule has 1 fully saturated rings. The quantitative estimate of drug-likeness (QED) is 0.445. The highest BCUT2D eigenvalue weighted by Crippen LogP contribution is 2.14. The molecule has 1 aromatic carbocycles. The van der Waals surface area contributed by atoms with E-state index < -0.39 is 0 Å². The monoisotopic (exact) mass is 230 g/mol. The van der Waals surface area contributed by atoms with Crippen molar-refractivity contribution in [3.05, 3.63) is 45.8 Å². The molecule has 1 saturated heterocycles. The Bertz CT molecular complexity index is 456. The van der Waals surface area contributed by atoms with Crippen molar-refractivity contribution in [2.24, 2.45) is 5.11 Å². The van der Waals surface area contributed by atoms with E-state index in [4.69, 9.17) is 5.53 Å². The maximum atomic E-state index is 11.8. The largest absolute Gasteiger partial charge is 0.341 e. The highest BCUT2D eigenvalue weighted by Gasteiger charge is 2.29. The SMILES string of the molecule is Cc1ccc(CC(=O)N2CC(N=[N+]=[N-])C2)cc1. The third kappa shape index (κ3) is 2.77. The van der Waals surface area contributed by atoms with Crippen LogP contribution >= 0.6 is 0 Å². The molecule has 0 atom stereocenters. The Kier molecular flexibility index (Phi) is 3.30. The number of hydrogen-bond donors (Lipinski definition) is 0. The molecular weight excluding hydrogens is 216 g/mol. The second kappa shape index (κ2) is 4.89. The van der Waals surface area contributed by atoms with E-state index in [2.05, 4.69) is 10.0 Å². The van der Waals surface area contributed by atoms with Crippen LogP contribution in [0.25, 0.3) is 10.4 Å². The van der Waals surface area contributed by atoms with E-state index in [0.29, 0.717) is 19.5 Å². The Morgan fingerprint density at radius 1 is 1.47 bits per heavy atom. The van der Waals surface area contributed by atoms with E-state index in [1.165, 1.54) is 5.56 Å². The summed E-state index contributed by atoms with van der Waals surface area (Å²) in [6.45, 7) is 3.12. The summed E-state index contributed by atoms with van der Waals surface area (Å²) in [6.07, 6.45) is 0.420. The van der Waals surface area contributed by atoms with Crippen molar-refractivity contribution in [3.8, 4) is 0 Å². The summed E-state index contributed by atoms with van der Waals surface area (Å²) in [5.74, 6) is 0.0956. The van der Waals surface area contributed by atoms with E-state index in [9.17, 15) is 4.79 Å². The van der Waals surface area contributed by atoms with Gasteiger partial charge in [-0.1, -0.05) is 34.9 Å². The number of hydrogen-bond acceptors (Lipinski definition) is 2. The smallest absolute Gasteiger partial charge is 0.227 e. The van der Waals surface area contributed by atoms with Crippen LogP contribution in [0.1, 0.15) is 11.1 Å². The molecule has 1 heterocycles. The lowest BCUT2D eigenvalue weighted by Gasteiger charge is -2.36. The molecule has 0 aliphatic carbocycles. The predicted molar refractivity (Wildman–Crippen MR) is 64.4 cm³/mol. The number of amides is 1. The molecule has 2 rings (SSSR count). The second-order valence-electron chi connectivity index (χ2n) is 4.32. The molecule has 5 heteroatoms. The van der Waals surface area contributed by atoms with Gasteiger partial charge >= 0.3 is 0 Å². The molecule has 5 nitrogen and oxygen atoms in total. The number of nitrogens with zero attached hydrogens (tertiary/aromatic N) is 4. The van der Waals surface area contributed by atoms with Gasteiger partial charge in [-0.3, -0.25) is 4.79 Å². The van der Waals surface area contributed by atoms with Gasteiger partial charge in [-0.25, -0.2) is 0 Å². The van der Waals surface area contributed by atoms with Crippen LogP contribution in [0.4, 0.5) is 0 Å². The van der Waals surface area contributed by atoms with Crippen molar-refractivity contribution in [1.29, 1.82) is 0 Å². The lowest BCUT2D eigenvalue weighted by Crippen LogP contribution is -2.53. The van der Waals surface area contributed by atoms with Crippen molar-refractivity contribution >= 4 is 5.91 Å². The van der Waals surface area contributed by atoms with Crippen LogP contribution in [0.15, 0.2) is 29.4 Å². The summed E-state index contributed by atoms with van der Waals surface area (Å²) < 4.78 is 0. The average molecular weight is 230 g/mol. The lowest BCUT2D eigenvalue weighted by atomic mass is 10.1. The van der Waals surface area contributed by atoms with Gasteiger partial charge in [-0.2, -0.15) is 0 Å². The van der Waals surface area contributed by atoms with E-state index >= 15 is 0 Å². The highest BCUT2D eigenvalue weighted by atomic mass is 16.2. The number of carbonyl (C=O) groups is 1. The van der Waals surface area contributed by atoms with Gasteiger partial charge in [-0.15, -0.1) is 0 Å². The summed E-state index contributed by atoms with van der Waals surface area (Å²) in [6, 6.07) is 7.90. The number of likely N-dealkylation sites (tertiary alicyclic amines) is 1. The molecule has 0 spiro atoms. The molecule has 0 bridgehead atoms. The fourth-order valence-electron chi connectivity index (χ4n) is 1.80. The predicted octanol–water partition coefficient (Wildman–Crippen LogP) is 2.06. The first-order valence-corrected chi connectivity index (χ1v) is 5.56. The number of rotatable bonds is 3. The molecule has 0 N–H and O–H groups in total. The normalized spacial score (nSPS) is 15.0. The zero-order chi connectivity index (χ0) is 12.3. The van der Waals surface area contributed by atoms with E-state index in [1.807, 2.05) is 31.2 Å². The lowest BCUT2D eigenvalue weighted by molar-refractivity contribution is -0.134. The Morgan fingerprint density at radius 2 is 2.12 bits per heavy atom. The van der Waals surface area contributed by atoms with Gasteiger partial charge in [0.05, 0.1) is 12.5 Å². The van der Waals surface area contributed by atoms with Crippen LogP contribution in [0.2, 0.25) is 0 Å². The van der Waals surface area contributed by atoms with Crippen molar-refractivity contribution in [2.75, 3.05) is 13.1 Å². The minimum absolute atomic E-state index is 0.0398. The van der Waals surface area contributed by atoms with Crippen LogP contribution in [0.3, 0.4) is 0 Å². The zero-order valence-corrected chi connectivity index (χ0v) is 9.71. The number of aryl methyl sites for hydroxylation is 1. The first-order chi connectivity index (χ1) is 8.19. The third-order valence-corrected chi connectivity index (χ3v) is 2.91. The molecule has 1 amide bonds. The molecule has 0 unspecified atom stereocenters. The molecule has 1 aromatic rings. The summed E-state index contributed by atoms with van der Waals surface area (Å²) in [4.78, 5) is 16.3. The minimum Gasteiger partial charge on any atom is -0.341 e. The summed E-state index contributed by atoms with van der Waals surface area (Å²) in [5, 5.41) is 3.57. The molecular formula is C12H14N4O. The number of carbonyl (C=O) groups excluding carboxylic acids is 1. The van der Waals surface area contributed by atoms with Gasteiger partial charge in [0.25, 0.3) is 0 Å². The Labute approximate surface area is 99.7 Å². The van der Waals surface area contributed by atoms with Crippen LogP contribution in [-0.2, 0) is 11.2 Å². The van der Waals surface area contributed by atoms with Gasteiger partial charge < -0.3 is 4.90 Å². The van der Waals surface area contributed by atoms with Gasteiger partial charge in [-0.05, 0) is 18.0 Å². The maximum absolute atomic E-state index is 11.8. The molecule has 1 aliphatic heterocycles. The van der Waals surface area contributed by atoms with Crippen molar-refractivity contribution in [2.45, 2.75) is 19.4 Å². The highest BCUT2D eigenvalue weighted by molar-refractivity contribution is 5.79. The molecule has 1 aliphatic rings. The fraction of sp³-hybridized carbons (Fsp3) is 0.417. The average Bonchev–Trinajstić information content (AvgIpc) is 2.26. The van der Waals surface area contributed by atoms with Crippen LogP contribution < -0.4 is 0 Å². The Hall–Kier alpha value is -2.00. The van der Waals surface area contributed by atoms with Gasteiger partial charge in [0.15, 0.2) is 0 Å². The van der Waals surface area contributed by atoms with Crippen LogP contribution in [0, 0.1) is 6.92 Å². The summed E-state index contributed by atoms with van der Waals surface area (Å²) in [7, 11) is 0. The topological polar surface area (TPSA) is 69.1 Å². The first-order valence-electron chi connectivity index (χ1n) is 5.56. The molecule has 0 aromatic heterocycles. The first kappa shape index (κ1) is 11.5. The van der Waals surface area contributed by atoms with Crippen LogP contribution in [0.5, 0.6) is 0 Å². The maximum Gasteiger partial charge on any atom is 0.227 e. The molecule has 88 valence electrons. The van der Waals surface area contributed by atoms with E-state index in [1.54, 1.807) is 4.90 Å². The van der Waals surface area contributed by atoms with Gasteiger partial charge in [0.2, 0.25) is 5.91 Å². The second-order valence-corrected chi connectivity index (χ2v) is 4.32. The molecule has 0 saturated carbocycles. The number of benzene rings is 1. The van der Waals surface area contributed by atoms with Gasteiger partial charge in [0.1, 0.15) is 0 Å². The third-order valence-electron chi connectivity index (χ3n) is 2.91. The zero-order valence-electron chi connectivity index (χ0n) is 9.71. The van der Waals surface area contributed by atoms with Gasteiger partial charge in [0, 0.05) is 18.0 Å². The van der Waals surface area contributed by atoms with E-state index in [0.717, 1.165) is 5.56 Å². The van der Waals surface area contributed by atoms with E-state index in [-0.39, 0.29) is 11.9 Å². The van der Waals surface area contributed by atoms with Crippen molar-refractivity contribution in [3.63, 3.8) is 0 Å². The Morgan fingerprint density at radius 3 is 2.71 bits per heavy atom. The fourth-order valence-corrected chi connectivity index (χ4v) is 1.80.